The molecular formula is C18H20FNO2. The van der Waals surface area contributed by atoms with Crippen molar-refractivity contribution in [2.45, 2.75) is 25.7 Å². The zero-order valence-electron chi connectivity index (χ0n) is 12.6. The van der Waals surface area contributed by atoms with E-state index in [1.165, 1.54) is 12.1 Å². The van der Waals surface area contributed by atoms with E-state index in [2.05, 4.69) is 5.32 Å². The van der Waals surface area contributed by atoms with Crippen LogP contribution in [0, 0.1) is 5.82 Å². The van der Waals surface area contributed by atoms with Gasteiger partial charge in [0.25, 0.3) is 0 Å². The second-order valence-corrected chi connectivity index (χ2v) is 5.38. The molecule has 1 atom stereocenters. The van der Waals surface area contributed by atoms with Gasteiger partial charge >= 0.3 is 0 Å². The van der Waals surface area contributed by atoms with Gasteiger partial charge in [-0.15, -0.1) is 0 Å². The van der Waals surface area contributed by atoms with E-state index in [0.717, 1.165) is 16.8 Å². The van der Waals surface area contributed by atoms with Crippen LogP contribution in [0.15, 0.2) is 48.5 Å². The molecule has 1 amide bonds. The Hall–Kier alpha value is -2.20. The maximum Gasteiger partial charge on any atom is 0.224 e. The van der Waals surface area contributed by atoms with Crippen LogP contribution in [0.2, 0.25) is 0 Å². The number of anilines is 1. The number of nitrogens with one attached hydrogen (secondary N) is 1. The number of halogens is 1. The summed E-state index contributed by atoms with van der Waals surface area (Å²) in [6.45, 7) is 2.05. The molecule has 0 aromatic heterocycles. The highest BCUT2D eigenvalue weighted by atomic mass is 19.1. The zero-order valence-corrected chi connectivity index (χ0v) is 12.6. The van der Waals surface area contributed by atoms with E-state index in [1.54, 1.807) is 12.1 Å². The lowest BCUT2D eigenvalue weighted by Gasteiger charge is -2.12. The summed E-state index contributed by atoms with van der Waals surface area (Å²) in [5, 5.41) is 11.7. The van der Waals surface area contributed by atoms with Crippen molar-refractivity contribution in [2.24, 2.45) is 0 Å². The molecule has 2 rings (SSSR count). The van der Waals surface area contributed by atoms with Gasteiger partial charge in [-0.05, 0) is 47.7 Å². The van der Waals surface area contributed by atoms with Crippen LogP contribution in [0.25, 0.3) is 0 Å². The van der Waals surface area contributed by atoms with Gasteiger partial charge in [-0.3, -0.25) is 4.79 Å². The van der Waals surface area contributed by atoms with Crippen molar-refractivity contribution in [3.8, 4) is 0 Å². The molecule has 0 saturated heterocycles. The zero-order chi connectivity index (χ0) is 15.9. The lowest BCUT2D eigenvalue weighted by Crippen LogP contribution is -2.14. The topological polar surface area (TPSA) is 49.3 Å². The third-order valence-corrected chi connectivity index (χ3v) is 3.57. The number of hydrogen-bond acceptors (Lipinski definition) is 2. The van der Waals surface area contributed by atoms with Crippen LogP contribution < -0.4 is 5.32 Å². The summed E-state index contributed by atoms with van der Waals surface area (Å²) in [5.41, 5.74) is 2.70. The Balaban J connectivity index is 1.90. The average Bonchev–Trinajstić information content (AvgIpc) is 2.50. The van der Waals surface area contributed by atoms with E-state index in [1.807, 2.05) is 31.2 Å². The summed E-state index contributed by atoms with van der Waals surface area (Å²) in [5.74, 6) is -0.329. The van der Waals surface area contributed by atoms with E-state index in [-0.39, 0.29) is 24.2 Å². The third kappa shape index (κ3) is 4.67. The Labute approximate surface area is 129 Å². The van der Waals surface area contributed by atoms with Crippen molar-refractivity contribution in [1.29, 1.82) is 0 Å². The quantitative estimate of drug-likeness (QED) is 0.858. The van der Waals surface area contributed by atoms with E-state index in [9.17, 15) is 9.18 Å². The molecule has 1 unspecified atom stereocenters. The molecule has 0 bridgehead atoms. The number of aliphatic hydroxyl groups is 1. The highest BCUT2D eigenvalue weighted by Gasteiger charge is 2.11. The van der Waals surface area contributed by atoms with Crippen LogP contribution in [0.5, 0.6) is 0 Å². The highest BCUT2D eigenvalue weighted by Crippen LogP contribution is 2.20. The molecule has 0 fully saturated rings. The van der Waals surface area contributed by atoms with Gasteiger partial charge in [0.1, 0.15) is 5.82 Å². The minimum atomic E-state index is -0.275. The van der Waals surface area contributed by atoms with Gasteiger partial charge < -0.3 is 10.4 Å². The normalized spacial score (nSPS) is 12.0. The van der Waals surface area contributed by atoms with Crippen LogP contribution in [0.3, 0.4) is 0 Å². The van der Waals surface area contributed by atoms with Crippen molar-refractivity contribution in [1.82, 2.24) is 0 Å². The number of amides is 1. The summed E-state index contributed by atoms with van der Waals surface area (Å²) in [6.07, 6.45) is 0.944. The average molecular weight is 301 g/mol. The van der Waals surface area contributed by atoms with Crippen LogP contribution in [-0.4, -0.2) is 17.6 Å². The maximum atomic E-state index is 12.9. The first kappa shape index (κ1) is 16.2. The van der Waals surface area contributed by atoms with Gasteiger partial charge in [0, 0.05) is 18.7 Å². The predicted octanol–water partition coefficient (Wildman–Crippen LogP) is 3.49. The van der Waals surface area contributed by atoms with Gasteiger partial charge in [0.05, 0.1) is 0 Å². The maximum absolute atomic E-state index is 12.9. The number of rotatable bonds is 6. The number of carbonyl (C=O) groups is 1. The van der Waals surface area contributed by atoms with Gasteiger partial charge in [0.2, 0.25) is 5.91 Å². The lowest BCUT2D eigenvalue weighted by atomic mass is 9.97. The van der Waals surface area contributed by atoms with Crippen LogP contribution in [0.4, 0.5) is 10.1 Å². The van der Waals surface area contributed by atoms with Crippen LogP contribution in [0.1, 0.15) is 30.4 Å². The Morgan fingerprint density at radius 2 is 1.77 bits per heavy atom. The van der Waals surface area contributed by atoms with Crippen molar-refractivity contribution in [3.63, 3.8) is 0 Å². The molecule has 0 radical (unpaired) electrons. The summed E-state index contributed by atoms with van der Waals surface area (Å²) >= 11 is 0. The monoisotopic (exact) mass is 301 g/mol. The summed E-state index contributed by atoms with van der Waals surface area (Å²) < 4.78 is 12.9. The number of carbonyl (C=O) groups excluding carboxylic acids is 1. The summed E-state index contributed by atoms with van der Waals surface area (Å²) in [4.78, 5) is 12.0. The van der Waals surface area contributed by atoms with Crippen LogP contribution >= 0.6 is 0 Å². The molecule has 0 saturated carbocycles. The third-order valence-electron chi connectivity index (χ3n) is 3.57. The molecule has 2 aromatic carbocycles. The van der Waals surface area contributed by atoms with Gasteiger partial charge in [-0.25, -0.2) is 4.39 Å². The van der Waals surface area contributed by atoms with Crippen molar-refractivity contribution >= 4 is 11.6 Å². The molecule has 4 heteroatoms. The fourth-order valence-corrected chi connectivity index (χ4v) is 2.28. The molecule has 0 aliphatic heterocycles. The summed E-state index contributed by atoms with van der Waals surface area (Å²) in [6, 6.07) is 13.6. The van der Waals surface area contributed by atoms with Gasteiger partial charge in [-0.1, -0.05) is 31.2 Å². The van der Waals surface area contributed by atoms with Crippen LogP contribution in [-0.2, 0) is 11.2 Å². The molecular weight excluding hydrogens is 281 g/mol. The first-order valence-electron chi connectivity index (χ1n) is 7.33. The smallest absolute Gasteiger partial charge is 0.224 e. The molecule has 2 N–H and O–H groups in total. The van der Waals surface area contributed by atoms with Crippen molar-refractivity contribution in [3.05, 3.63) is 65.5 Å². The van der Waals surface area contributed by atoms with E-state index in [4.69, 9.17) is 5.11 Å². The lowest BCUT2D eigenvalue weighted by molar-refractivity contribution is -0.116. The highest BCUT2D eigenvalue weighted by molar-refractivity contribution is 5.91. The van der Waals surface area contributed by atoms with Crippen molar-refractivity contribution < 1.29 is 14.3 Å². The van der Waals surface area contributed by atoms with Crippen molar-refractivity contribution in [2.75, 3.05) is 11.9 Å². The molecule has 0 aliphatic rings. The molecule has 0 heterocycles. The minimum absolute atomic E-state index is 0.0225. The Morgan fingerprint density at radius 3 is 2.36 bits per heavy atom. The standard InChI is InChI=1S/C18H20FNO2/c1-13(15-4-6-16(19)7-5-15)12-18(22)20-17-8-2-14(3-9-17)10-11-21/h2-9,13,21H,10-12H2,1H3,(H,20,22). The Kier molecular flexibility index (Phi) is 5.67. The van der Waals surface area contributed by atoms with Gasteiger partial charge in [0.15, 0.2) is 0 Å². The first-order valence-corrected chi connectivity index (χ1v) is 7.33. The molecule has 22 heavy (non-hydrogen) atoms. The second-order valence-electron chi connectivity index (χ2n) is 5.38. The molecule has 116 valence electrons. The second kappa shape index (κ2) is 7.71. The molecule has 0 spiro atoms. The van der Waals surface area contributed by atoms with E-state index in [0.29, 0.717) is 12.8 Å². The van der Waals surface area contributed by atoms with Gasteiger partial charge in [-0.2, -0.15) is 0 Å². The molecule has 3 nitrogen and oxygen atoms in total. The van der Waals surface area contributed by atoms with E-state index >= 15 is 0 Å². The minimum Gasteiger partial charge on any atom is -0.396 e. The fraction of sp³-hybridized carbons (Fsp3) is 0.278. The number of aliphatic hydroxyl groups excluding tert-OH is 1. The SMILES string of the molecule is CC(CC(=O)Nc1ccc(CCO)cc1)c1ccc(F)cc1. The Bertz CT molecular complexity index is 608. The predicted molar refractivity (Wildman–Crippen MR) is 85.3 cm³/mol. The summed E-state index contributed by atoms with van der Waals surface area (Å²) in [7, 11) is 0. The van der Waals surface area contributed by atoms with E-state index < -0.39 is 0 Å². The number of hydrogen-bond donors (Lipinski definition) is 2. The molecule has 0 aliphatic carbocycles. The largest absolute Gasteiger partial charge is 0.396 e. The number of benzene rings is 2. The molecule has 2 aromatic rings. The Morgan fingerprint density at radius 1 is 1.14 bits per heavy atom. The fourth-order valence-electron chi connectivity index (χ4n) is 2.28. The first-order chi connectivity index (χ1) is 10.6.